The molecule has 0 fully saturated rings. The van der Waals surface area contributed by atoms with E-state index in [2.05, 4.69) is 0 Å². The molecule has 19 heavy (non-hydrogen) atoms. The number of hydrogen-bond donors (Lipinski definition) is 1. The van der Waals surface area contributed by atoms with Gasteiger partial charge in [0, 0.05) is 16.3 Å². The molecule has 2 aromatic rings. The second-order valence-corrected chi connectivity index (χ2v) is 6.18. The fraction of sp³-hybridized carbons (Fsp3) is 0.0769. The number of nitrogens with two attached hydrogens (primary N) is 1. The van der Waals surface area contributed by atoms with E-state index < -0.39 is 16.6 Å². The third-order valence-electron chi connectivity index (χ3n) is 2.50. The largest absolute Gasteiger partial charge is 0.399 e. The van der Waals surface area contributed by atoms with Gasteiger partial charge in [-0.2, -0.15) is 0 Å². The van der Waals surface area contributed by atoms with Gasteiger partial charge in [0.15, 0.2) is 0 Å². The quantitative estimate of drug-likeness (QED) is 0.869. The van der Waals surface area contributed by atoms with Crippen molar-refractivity contribution in [2.75, 3.05) is 5.73 Å². The lowest BCUT2D eigenvalue weighted by Gasteiger charge is -2.07. The second kappa shape index (κ2) is 5.90. The zero-order valence-electron chi connectivity index (χ0n) is 9.70. The van der Waals surface area contributed by atoms with E-state index in [0.717, 1.165) is 0 Å². The molecule has 0 radical (unpaired) electrons. The molecular weight excluding hydrogens is 308 g/mol. The first-order valence-electron chi connectivity index (χ1n) is 5.34. The minimum Gasteiger partial charge on any atom is -0.399 e. The normalized spacial score (nSPS) is 12.4. The van der Waals surface area contributed by atoms with Gasteiger partial charge in [0.2, 0.25) is 0 Å². The molecule has 0 bridgehead atoms. The Morgan fingerprint density at radius 1 is 1.16 bits per heavy atom. The van der Waals surface area contributed by atoms with Crippen LogP contribution in [0.4, 0.5) is 10.1 Å². The third-order valence-corrected chi connectivity index (χ3v) is 4.58. The van der Waals surface area contributed by atoms with Gasteiger partial charge in [-0.15, -0.1) is 0 Å². The number of benzene rings is 2. The zero-order chi connectivity index (χ0) is 14.0. The number of anilines is 1. The van der Waals surface area contributed by atoms with Crippen LogP contribution in [0.2, 0.25) is 10.0 Å². The van der Waals surface area contributed by atoms with E-state index >= 15 is 0 Å². The van der Waals surface area contributed by atoms with Crippen molar-refractivity contribution < 1.29 is 8.60 Å². The molecule has 0 saturated carbocycles. The van der Waals surface area contributed by atoms with Crippen LogP contribution in [0.3, 0.4) is 0 Å². The maximum Gasteiger partial charge on any atom is 0.128 e. The molecule has 2 nitrogen and oxygen atoms in total. The molecule has 0 aromatic heterocycles. The van der Waals surface area contributed by atoms with E-state index in [4.69, 9.17) is 28.9 Å². The Labute approximate surface area is 122 Å². The molecule has 0 aliphatic heterocycles. The van der Waals surface area contributed by atoms with Gasteiger partial charge in [-0.3, -0.25) is 4.21 Å². The summed E-state index contributed by atoms with van der Waals surface area (Å²) in [5.74, 6) is -0.465. The maximum absolute atomic E-state index is 13.6. The third kappa shape index (κ3) is 3.47. The van der Waals surface area contributed by atoms with E-state index in [9.17, 15) is 8.60 Å². The Hall–Kier alpha value is -1.10. The molecule has 6 heteroatoms. The lowest BCUT2D eigenvalue weighted by molar-refractivity contribution is 0.615. The predicted molar refractivity (Wildman–Crippen MR) is 77.4 cm³/mol. The van der Waals surface area contributed by atoms with Crippen LogP contribution >= 0.6 is 23.2 Å². The standard InChI is InChI=1S/C13H10Cl2FNOS/c14-9-2-1-8(12(16)5-9)7-19(18)13-6-10(17)3-4-11(13)15/h1-6H,7,17H2. The summed E-state index contributed by atoms with van der Waals surface area (Å²) in [5.41, 5.74) is 6.41. The van der Waals surface area contributed by atoms with E-state index in [1.54, 1.807) is 18.2 Å². The molecule has 0 aliphatic rings. The van der Waals surface area contributed by atoms with Gasteiger partial charge in [0.1, 0.15) is 5.82 Å². The summed E-state index contributed by atoms with van der Waals surface area (Å²) in [6.45, 7) is 0. The Morgan fingerprint density at radius 3 is 2.58 bits per heavy atom. The average molecular weight is 318 g/mol. The van der Waals surface area contributed by atoms with Crippen LogP contribution in [0.15, 0.2) is 41.3 Å². The first-order chi connectivity index (χ1) is 8.97. The van der Waals surface area contributed by atoms with Crippen LogP contribution in [0.5, 0.6) is 0 Å². The zero-order valence-corrected chi connectivity index (χ0v) is 12.0. The lowest BCUT2D eigenvalue weighted by atomic mass is 10.2. The SMILES string of the molecule is Nc1ccc(Cl)c(S(=O)Cc2ccc(Cl)cc2F)c1. The van der Waals surface area contributed by atoms with Crippen LogP contribution < -0.4 is 5.73 Å². The molecule has 0 spiro atoms. The van der Waals surface area contributed by atoms with Crippen molar-refractivity contribution in [3.8, 4) is 0 Å². The summed E-state index contributed by atoms with van der Waals surface area (Å²) >= 11 is 11.6. The fourth-order valence-corrected chi connectivity index (χ4v) is 3.31. The van der Waals surface area contributed by atoms with E-state index in [-0.39, 0.29) is 5.75 Å². The van der Waals surface area contributed by atoms with E-state index in [1.165, 1.54) is 18.2 Å². The van der Waals surface area contributed by atoms with Gasteiger partial charge in [0.05, 0.1) is 26.5 Å². The lowest BCUT2D eigenvalue weighted by Crippen LogP contribution is -2.00. The summed E-state index contributed by atoms with van der Waals surface area (Å²) in [4.78, 5) is 0.399. The highest BCUT2D eigenvalue weighted by Gasteiger charge is 2.13. The van der Waals surface area contributed by atoms with Crippen molar-refractivity contribution >= 4 is 39.7 Å². The van der Waals surface area contributed by atoms with Gasteiger partial charge in [0.25, 0.3) is 0 Å². The highest BCUT2D eigenvalue weighted by molar-refractivity contribution is 7.84. The first kappa shape index (κ1) is 14.3. The van der Waals surface area contributed by atoms with Crippen LogP contribution in [0.1, 0.15) is 5.56 Å². The van der Waals surface area contributed by atoms with Crippen molar-refractivity contribution in [1.29, 1.82) is 0 Å². The molecule has 2 rings (SSSR count). The number of nitrogen functional groups attached to an aromatic ring is 1. The summed E-state index contributed by atoms with van der Waals surface area (Å²) < 4.78 is 25.8. The summed E-state index contributed by atoms with van der Waals surface area (Å²) in [5, 5.41) is 0.649. The van der Waals surface area contributed by atoms with Gasteiger partial charge >= 0.3 is 0 Å². The molecule has 0 amide bonds. The van der Waals surface area contributed by atoms with Gasteiger partial charge in [-0.1, -0.05) is 29.3 Å². The van der Waals surface area contributed by atoms with Gasteiger partial charge in [-0.05, 0) is 30.3 Å². The minimum atomic E-state index is -1.47. The molecule has 2 N–H and O–H groups in total. The molecule has 1 atom stereocenters. The van der Waals surface area contributed by atoms with Crippen molar-refractivity contribution in [1.82, 2.24) is 0 Å². The monoisotopic (exact) mass is 317 g/mol. The molecule has 0 aliphatic carbocycles. The maximum atomic E-state index is 13.6. The van der Waals surface area contributed by atoms with Crippen LogP contribution in [0, 0.1) is 5.82 Å². The van der Waals surface area contributed by atoms with E-state index in [0.29, 0.717) is 26.2 Å². The Morgan fingerprint density at radius 2 is 1.89 bits per heavy atom. The molecule has 2 aromatic carbocycles. The average Bonchev–Trinajstić information content (AvgIpc) is 2.35. The van der Waals surface area contributed by atoms with Gasteiger partial charge < -0.3 is 5.73 Å². The van der Waals surface area contributed by atoms with Gasteiger partial charge in [-0.25, -0.2) is 4.39 Å². The molecule has 100 valence electrons. The second-order valence-electron chi connectivity index (χ2n) is 3.92. The summed E-state index contributed by atoms with van der Waals surface area (Å²) in [6, 6.07) is 8.98. The number of rotatable bonds is 3. The van der Waals surface area contributed by atoms with Crippen LogP contribution in [0.25, 0.3) is 0 Å². The Kier molecular flexibility index (Phi) is 4.45. The molecular formula is C13H10Cl2FNOS. The van der Waals surface area contributed by atoms with E-state index in [1.807, 2.05) is 0 Å². The number of hydrogen-bond acceptors (Lipinski definition) is 2. The van der Waals surface area contributed by atoms with Crippen LogP contribution in [-0.2, 0) is 16.6 Å². The highest BCUT2D eigenvalue weighted by atomic mass is 35.5. The van der Waals surface area contributed by atoms with Crippen molar-refractivity contribution in [2.24, 2.45) is 0 Å². The highest BCUT2D eigenvalue weighted by Crippen LogP contribution is 2.25. The minimum absolute atomic E-state index is 0.0200. The topological polar surface area (TPSA) is 43.1 Å². The van der Waals surface area contributed by atoms with Crippen molar-refractivity contribution in [2.45, 2.75) is 10.6 Å². The fourth-order valence-electron chi connectivity index (χ4n) is 1.55. The Bertz CT molecular complexity index is 649. The smallest absolute Gasteiger partial charge is 0.128 e. The Balaban J connectivity index is 2.28. The summed E-state index contributed by atoms with van der Waals surface area (Å²) in [6.07, 6.45) is 0. The number of halogens is 3. The molecule has 1 unspecified atom stereocenters. The molecule has 0 saturated heterocycles. The summed E-state index contributed by atoms with van der Waals surface area (Å²) in [7, 11) is -1.47. The first-order valence-corrected chi connectivity index (χ1v) is 7.42. The van der Waals surface area contributed by atoms with Crippen molar-refractivity contribution in [3.63, 3.8) is 0 Å². The molecule has 0 heterocycles. The predicted octanol–water partition coefficient (Wildman–Crippen LogP) is 4.02. The van der Waals surface area contributed by atoms with Crippen molar-refractivity contribution in [3.05, 3.63) is 57.8 Å². The van der Waals surface area contributed by atoms with Crippen LogP contribution in [-0.4, -0.2) is 4.21 Å².